The highest BCUT2D eigenvalue weighted by molar-refractivity contribution is 7.89. The van der Waals surface area contributed by atoms with Crippen LogP contribution in [0.1, 0.15) is 39.5 Å². The summed E-state index contributed by atoms with van der Waals surface area (Å²) in [6, 6.07) is 4.08. The highest BCUT2D eigenvalue weighted by atomic mass is 32.2. The molecule has 7 nitrogen and oxygen atoms in total. The standard InChI is InChI=1S/C16H23N3O4S/c1-3-5-6-11(4-2)10-17-24(22,23)12-7-8-14-13(9-12)15(20)19-16(21)18-14/h7-9,11,17H,3-6,10H2,1-2H3,(H2,18,19,20,21). The molecule has 0 radical (unpaired) electrons. The topological polar surface area (TPSA) is 112 Å². The zero-order valence-electron chi connectivity index (χ0n) is 13.9. The van der Waals surface area contributed by atoms with Gasteiger partial charge in [-0.3, -0.25) is 9.78 Å². The molecule has 1 aromatic carbocycles. The van der Waals surface area contributed by atoms with Crippen molar-refractivity contribution in [2.24, 2.45) is 5.92 Å². The third-order valence-electron chi connectivity index (χ3n) is 4.13. The van der Waals surface area contributed by atoms with Crippen LogP contribution in [0.2, 0.25) is 0 Å². The monoisotopic (exact) mass is 353 g/mol. The molecule has 1 unspecified atom stereocenters. The zero-order valence-corrected chi connectivity index (χ0v) is 14.7. The number of aromatic nitrogens is 2. The van der Waals surface area contributed by atoms with Gasteiger partial charge in [-0.15, -0.1) is 0 Å². The van der Waals surface area contributed by atoms with E-state index in [0.717, 1.165) is 25.7 Å². The fourth-order valence-corrected chi connectivity index (χ4v) is 3.71. The number of aromatic amines is 2. The molecule has 3 N–H and O–H groups in total. The van der Waals surface area contributed by atoms with Gasteiger partial charge < -0.3 is 4.98 Å². The van der Waals surface area contributed by atoms with Crippen LogP contribution < -0.4 is 16.0 Å². The minimum absolute atomic E-state index is 0.0119. The van der Waals surface area contributed by atoms with Crippen molar-refractivity contribution in [1.29, 1.82) is 0 Å². The van der Waals surface area contributed by atoms with Crippen molar-refractivity contribution in [3.05, 3.63) is 39.0 Å². The van der Waals surface area contributed by atoms with Gasteiger partial charge in [-0.1, -0.05) is 33.1 Å². The molecular weight excluding hydrogens is 330 g/mol. The lowest BCUT2D eigenvalue weighted by molar-refractivity contribution is 0.444. The van der Waals surface area contributed by atoms with Gasteiger partial charge in [0.1, 0.15) is 0 Å². The van der Waals surface area contributed by atoms with Crippen LogP contribution in [0, 0.1) is 5.92 Å². The van der Waals surface area contributed by atoms with Gasteiger partial charge in [-0.05, 0) is 30.5 Å². The van der Waals surface area contributed by atoms with Gasteiger partial charge in [0.2, 0.25) is 10.0 Å². The van der Waals surface area contributed by atoms with Gasteiger partial charge in [0.05, 0.1) is 15.8 Å². The normalized spacial score (nSPS) is 13.2. The smallest absolute Gasteiger partial charge is 0.307 e. The van der Waals surface area contributed by atoms with E-state index < -0.39 is 21.3 Å². The largest absolute Gasteiger partial charge is 0.326 e. The van der Waals surface area contributed by atoms with Gasteiger partial charge >= 0.3 is 5.69 Å². The van der Waals surface area contributed by atoms with Crippen LogP contribution in [0.4, 0.5) is 0 Å². The molecule has 0 fully saturated rings. The lowest BCUT2D eigenvalue weighted by Gasteiger charge is -2.15. The molecule has 24 heavy (non-hydrogen) atoms. The van der Waals surface area contributed by atoms with Gasteiger partial charge in [-0.25, -0.2) is 17.9 Å². The summed E-state index contributed by atoms with van der Waals surface area (Å²) in [5.74, 6) is 0.292. The van der Waals surface area contributed by atoms with Crippen molar-refractivity contribution >= 4 is 20.9 Å². The first-order valence-corrected chi connectivity index (χ1v) is 9.61. The molecule has 2 rings (SSSR count). The van der Waals surface area contributed by atoms with Crippen LogP contribution in [-0.2, 0) is 10.0 Å². The lowest BCUT2D eigenvalue weighted by atomic mass is 10.00. The van der Waals surface area contributed by atoms with E-state index in [4.69, 9.17) is 0 Å². The average Bonchev–Trinajstić information content (AvgIpc) is 2.54. The molecule has 0 aliphatic carbocycles. The van der Waals surface area contributed by atoms with E-state index in [-0.39, 0.29) is 10.3 Å². The highest BCUT2D eigenvalue weighted by Gasteiger charge is 2.17. The Morgan fingerprint density at radius 3 is 2.58 bits per heavy atom. The van der Waals surface area contributed by atoms with Crippen molar-refractivity contribution in [1.82, 2.24) is 14.7 Å². The average molecular weight is 353 g/mol. The molecule has 1 heterocycles. The third-order valence-corrected chi connectivity index (χ3v) is 5.55. The van der Waals surface area contributed by atoms with Crippen molar-refractivity contribution in [2.75, 3.05) is 6.54 Å². The lowest BCUT2D eigenvalue weighted by Crippen LogP contribution is -2.29. The molecule has 0 aliphatic heterocycles. The van der Waals surface area contributed by atoms with E-state index in [9.17, 15) is 18.0 Å². The summed E-state index contributed by atoms with van der Waals surface area (Å²) in [6.45, 7) is 4.52. The van der Waals surface area contributed by atoms with Crippen LogP contribution in [0.15, 0.2) is 32.7 Å². The van der Waals surface area contributed by atoms with E-state index in [2.05, 4.69) is 21.6 Å². The first-order valence-electron chi connectivity index (χ1n) is 8.13. The van der Waals surface area contributed by atoms with E-state index in [0.29, 0.717) is 18.0 Å². The molecule has 2 aromatic rings. The third kappa shape index (κ3) is 4.33. The van der Waals surface area contributed by atoms with Crippen LogP contribution in [0.5, 0.6) is 0 Å². The molecular formula is C16H23N3O4S. The Kier molecular flexibility index (Phi) is 5.95. The summed E-state index contributed by atoms with van der Waals surface area (Å²) < 4.78 is 27.5. The number of rotatable bonds is 8. The summed E-state index contributed by atoms with van der Waals surface area (Å²) in [4.78, 5) is 27.6. The number of sulfonamides is 1. The molecule has 1 aromatic heterocycles. The maximum absolute atomic E-state index is 12.5. The Bertz CT molecular complexity index is 915. The van der Waals surface area contributed by atoms with Crippen molar-refractivity contribution in [3.8, 4) is 0 Å². The van der Waals surface area contributed by atoms with Crippen LogP contribution in [-0.4, -0.2) is 24.9 Å². The van der Waals surface area contributed by atoms with Crippen LogP contribution >= 0.6 is 0 Å². The molecule has 0 aliphatic rings. The van der Waals surface area contributed by atoms with Crippen LogP contribution in [0.25, 0.3) is 10.9 Å². The number of H-pyrrole nitrogens is 2. The van der Waals surface area contributed by atoms with Crippen LogP contribution in [0.3, 0.4) is 0 Å². The fourth-order valence-electron chi connectivity index (χ4n) is 2.57. The molecule has 0 bridgehead atoms. The fraction of sp³-hybridized carbons (Fsp3) is 0.500. The first kappa shape index (κ1) is 18.4. The second-order valence-corrected chi connectivity index (χ2v) is 7.65. The first-order chi connectivity index (χ1) is 11.4. The number of benzene rings is 1. The molecule has 0 spiro atoms. The predicted molar refractivity (Wildman–Crippen MR) is 93.7 cm³/mol. The summed E-state index contributed by atoms with van der Waals surface area (Å²) in [5.41, 5.74) is -0.930. The molecule has 0 saturated heterocycles. The van der Waals surface area contributed by atoms with Crippen molar-refractivity contribution < 1.29 is 8.42 Å². The Hall–Kier alpha value is -1.93. The SMILES string of the molecule is CCCCC(CC)CNS(=O)(=O)c1ccc2[nH]c(=O)[nH]c(=O)c2c1. The Labute approximate surface area is 140 Å². The van der Waals surface area contributed by atoms with E-state index in [1.807, 2.05) is 6.92 Å². The molecule has 1 atom stereocenters. The van der Waals surface area contributed by atoms with E-state index >= 15 is 0 Å². The summed E-state index contributed by atoms with van der Waals surface area (Å²) in [6.07, 6.45) is 4.03. The molecule has 8 heteroatoms. The Balaban J connectivity index is 2.24. The van der Waals surface area contributed by atoms with E-state index in [1.54, 1.807) is 0 Å². The number of hydrogen-bond acceptors (Lipinski definition) is 4. The number of fused-ring (bicyclic) bond motifs is 1. The molecule has 0 saturated carbocycles. The summed E-state index contributed by atoms with van der Waals surface area (Å²) in [7, 11) is -3.70. The number of unbranched alkanes of at least 4 members (excludes halogenated alkanes) is 1. The minimum Gasteiger partial charge on any atom is -0.307 e. The Morgan fingerprint density at radius 1 is 1.17 bits per heavy atom. The molecule has 0 amide bonds. The number of hydrogen-bond donors (Lipinski definition) is 3. The minimum atomic E-state index is -3.70. The second kappa shape index (κ2) is 7.76. The molecule has 132 valence electrons. The zero-order chi connectivity index (χ0) is 17.7. The maximum Gasteiger partial charge on any atom is 0.326 e. The van der Waals surface area contributed by atoms with Gasteiger partial charge in [0.15, 0.2) is 0 Å². The summed E-state index contributed by atoms with van der Waals surface area (Å²) in [5, 5.41) is 0.135. The van der Waals surface area contributed by atoms with Gasteiger partial charge in [0, 0.05) is 6.54 Å². The van der Waals surface area contributed by atoms with Crippen molar-refractivity contribution in [2.45, 2.75) is 44.4 Å². The van der Waals surface area contributed by atoms with Gasteiger partial charge in [0.25, 0.3) is 5.56 Å². The van der Waals surface area contributed by atoms with Gasteiger partial charge in [-0.2, -0.15) is 0 Å². The van der Waals surface area contributed by atoms with E-state index in [1.165, 1.54) is 18.2 Å². The number of nitrogens with one attached hydrogen (secondary N) is 3. The Morgan fingerprint density at radius 2 is 1.92 bits per heavy atom. The quantitative estimate of drug-likeness (QED) is 0.670. The second-order valence-electron chi connectivity index (χ2n) is 5.88. The van der Waals surface area contributed by atoms with Crippen molar-refractivity contribution in [3.63, 3.8) is 0 Å². The maximum atomic E-state index is 12.5. The highest BCUT2D eigenvalue weighted by Crippen LogP contribution is 2.16. The predicted octanol–water partition coefficient (Wildman–Crippen LogP) is 1.71. The summed E-state index contributed by atoms with van der Waals surface area (Å²) >= 11 is 0.